The number of rotatable bonds is 13. The number of unbranched alkanes of at least 4 members (excludes halogenated alkanes) is 9. The molecule has 0 aromatic carbocycles. The number of likely N-dealkylation sites (N-methyl/N-ethyl adjacent to an activating group) is 1. The standard InChI is InChI=1S/C15H31NO/c1-3-4-5-6-7-8-9-10-11-12-13-16(2)14-15-17/h15H,3-14H2,1-2H3. The zero-order valence-corrected chi connectivity index (χ0v) is 11.9. The summed E-state index contributed by atoms with van der Waals surface area (Å²) in [5.41, 5.74) is 0. The van der Waals surface area contributed by atoms with Crippen molar-refractivity contribution in [2.24, 2.45) is 0 Å². The van der Waals surface area contributed by atoms with Crippen molar-refractivity contribution in [1.82, 2.24) is 4.90 Å². The second kappa shape index (κ2) is 13.7. The van der Waals surface area contributed by atoms with Gasteiger partial charge in [0.1, 0.15) is 6.29 Å². The molecule has 0 saturated heterocycles. The number of hydrogen-bond acceptors (Lipinski definition) is 2. The average molecular weight is 241 g/mol. The van der Waals surface area contributed by atoms with Gasteiger partial charge >= 0.3 is 0 Å². The summed E-state index contributed by atoms with van der Waals surface area (Å²) in [6.07, 6.45) is 14.7. The van der Waals surface area contributed by atoms with Gasteiger partial charge in [-0.15, -0.1) is 0 Å². The zero-order valence-electron chi connectivity index (χ0n) is 11.9. The van der Waals surface area contributed by atoms with Crippen molar-refractivity contribution >= 4 is 6.29 Å². The van der Waals surface area contributed by atoms with E-state index in [1.165, 1.54) is 64.2 Å². The summed E-state index contributed by atoms with van der Waals surface area (Å²) in [6, 6.07) is 0. The van der Waals surface area contributed by atoms with Crippen LogP contribution in [0, 0.1) is 0 Å². The summed E-state index contributed by atoms with van der Waals surface area (Å²) in [5.74, 6) is 0. The van der Waals surface area contributed by atoms with Crippen molar-refractivity contribution in [3.05, 3.63) is 0 Å². The molecule has 0 unspecified atom stereocenters. The summed E-state index contributed by atoms with van der Waals surface area (Å²) >= 11 is 0. The molecule has 0 atom stereocenters. The molecule has 0 amide bonds. The van der Waals surface area contributed by atoms with Crippen molar-refractivity contribution in [3.8, 4) is 0 Å². The number of carbonyl (C=O) groups is 1. The first-order chi connectivity index (χ1) is 8.31. The first kappa shape index (κ1) is 16.6. The van der Waals surface area contributed by atoms with Crippen LogP contribution in [0.1, 0.15) is 71.1 Å². The second-order valence-corrected chi connectivity index (χ2v) is 5.11. The topological polar surface area (TPSA) is 20.3 Å². The summed E-state index contributed by atoms with van der Waals surface area (Å²) in [7, 11) is 2.02. The van der Waals surface area contributed by atoms with Crippen LogP contribution in [-0.4, -0.2) is 31.3 Å². The molecule has 0 aliphatic heterocycles. The van der Waals surface area contributed by atoms with Crippen LogP contribution in [0.3, 0.4) is 0 Å². The molecule has 0 aliphatic rings. The predicted molar refractivity (Wildman–Crippen MR) is 75.4 cm³/mol. The molecular weight excluding hydrogens is 210 g/mol. The van der Waals surface area contributed by atoms with Crippen molar-refractivity contribution in [1.29, 1.82) is 0 Å². The smallest absolute Gasteiger partial charge is 0.133 e. The second-order valence-electron chi connectivity index (χ2n) is 5.11. The monoisotopic (exact) mass is 241 g/mol. The van der Waals surface area contributed by atoms with Crippen molar-refractivity contribution in [2.45, 2.75) is 71.1 Å². The summed E-state index contributed by atoms with van der Waals surface area (Å²) in [5, 5.41) is 0. The Balaban J connectivity index is 3.00. The van der Waals surface area contributed by atoms with Crippen LogP contribution in [0.4, 0.5) is 0 Å². The van der Waals surface area contributed by atoms with E-state index >= 15 is 0 Å². The Morgan fingerprint density at radius 2 is 1.29 bits per heavy atom. The highest BCUT2D eigenvalue weighted by Gasteiger charge is 1.96. The first-order valence-electron chi connectivity index (χ1n) is 7.43. The molecule has 0 aromatic heterocycles. The lowest BCUT2D eigenvalue weighted by atomic mass is 10.1. The van der Waals surface area contributed by atoms with Crippen molar-refractivity contribution in [2.75, 3.05) is 20.1 Å². The Labute approximate surface area is 108 Å². The third-order valence-corrected chi connectivity index (χ3v) is 3.28. The molecule has 2 heteroatoms. The van der Waals surface area contributed by atoms with Gasteiger partial charge in [-0.2, -0.15) is 0 Å². The minimum Gasteiger partial charge on any atom is -0.302 e. The van der Waals surface area contributed by atoms with Gasteiger partial charge < -0.3 is 4.79 Å². The van der Waals surface area contributed by atoms with E-state index in [0.717, 1.165) is 12.8 Å². The Hall–Kier alpha value is -0.370. The highest BCUT2D eigenvalue weighted by Crippen LogP contribution is 2.10. The molecule has 0 N–H and O–H groups in total. The first-order valence-corrected chi connectivity index (χ1v) is 7.43. The highest BCUT2D eigenvalue weighted by atomic mass is 16.1. The van der Waals surface area contributed by atoms with Gasteiger partial charge in [0.05, 0.1) is 6.54 Å². The molecule has 0 saturated carbocycles. The molecule has 0 bridgehead atoms. The fourth-order valence-electron chi connectivity index (χ4n) is 2.09. The number of nitrogens with zero attached hydrogens (tertiary/aromatic N) is 1. The third kappa shape index (κ3) is 13.6. The maximum Gasteiger partial charge on any atom is 0.133 e. The normalized spacial score (nSPS) is 11.0. The Morgan fingerprint density at radius 3 is 1.76 bits per heavy atom. The zero-order chi connectivity index (χ0) is 12.8. The fourth-order valence-corrected chi connectivity index (χ4v) is 2.09. The minimum atomic E-state index is 0.581. The predicted octanol–water partition coefficient (Wildman–Crippen LogP) is 4.04. The van der Waals surface area contributed by atoms with E-state index in [2.05, 4.69) is 11.8 Å². The van der Waals surface area contributed by atoms with Crippen LogP contribution >= 0.6 is 0 Å². The molecule has 17 heavy (non-hydrogen) atoms. The van der Waals surface area contributed by atoms with E-state index in [1.54, 1.807) is 0 Å². The van der Waals surface area contributed by atoms with Gasteiger partial charge in [0.25, 0.3) is 0 Å². The largest absolute Gasteiger partial charge is 0.302 e. The highest BCUT2D eigenvalue weighted by molar-refractivity contribution is 5.51. The van der Waals surface area contributed by atoms with Crippen LogP contribution in [0.25, 0.3) is 0 Å². The molecule has 0 aliphatic carbocycles. The Bertz CT molecular complexity index is 159. The van der Waals surface area contributed by atoms with Crippen molar-refractivity contribution < 1.29 is 4.79 Å². The van der Waals surface area contributed by atoms with E-state index in [-0.39, 0.29) is 0 Å². The molecule has 0 fully saturated rings. The van der Waals surface area contributed by atoms with Crippen LogP contribution < -0.4 is 0 Å². The molecule has 0 heterocycles. The molecule has 0 rings (SSSR count). The third-order valence-electron chi connectivity index (χ3n) is 3.28. The maximum atomic E-state index is 10.3. The summed E-state index contributed by atoms with van der Waals surface area (Å²) in [4.78, 5) is 12.4. The SMILES string of the molecule is CCCCCCCCCCCCN(C)CC=O. The van der Waals surface area contributed by atoms with Crippen LogP contribution in [0.2, 0.25) is 0 Å². The Morgan fingerprint density at radius 1 is 0.824 bits per heavy atom. The van der Waals surface area contributed by atoms with Crippen LogP contribution in [0.15, 0.2) is 0 Å². The Kier molecular flexibility index (Phi) is 13.4. The van der Waals surface area contributed by atoms with E-state index in [1.807, 2.05) is 7.05 Å². The molecular formula is C15H31NO. The average Bonchev–Trinajstić information content (AvgIpc) is 2.32. The van der Waals surface area contributed by atoms with Gasteiger partial charge in [0.2, 0.25) is 0 Å². The minimum absolute atomic E-state index is 0.581. The lowest BCUT2D eigenvalue weighted by Gasteiger charge is -2.12. The number of aldehydes is 1. The van der Waals surface area contributed by atoms with Gasteiger partial charge in [-0.3, -0.25) is 4.90 Å². The van der Waals surface area contributed by atoms with Gasteiger partial charge in [0.15, 0.2) is 0 Å². The molecule has 0 spiro atoms. The maximum absolute atomic E-state index is 10.3. The number of carbonyl (C=O) groups excluding carboxylic acids is 1. The summed E-state index contributed by atoms with van der Waals surface area (Å²) in [6.45, 7) is 3.91. The fraction of sp³-hybridized carbons (Fsp3) is 0.933. The van der Waals surface area contributed by atoms with Gasteiger partial charge in [-0.25, -0.2) is 0 Å². The molecule has 2 nitrogen and oxygen atoms in total. The van der Waals surface area contributed by atoms with Gasteiger partial charge in [0, 0.05) is 0 Å². The lowest BCUT2D eigenvalue weighted by Crippen LogP contribution is -2.21. The molecule has 0 radical (unpaired) electrons. The van der Waals surface area contributed by atoms with E-state index < -0.39 is 0 Å². The summed E-state index contributed by atoms with van der Waals surface area (Å²) < 4.78 is 0. The van der Waals surface area contributed by atoms with Crippen LogP contribution in [0.5, 0.6) is 0 Å². The lowest BCUT2D eigenvalue weighted by molar-refractivity contribution is -0.108. The van der Waals surface area contributed by atoms with Crippen LogP contribution in [-0.2, 0) is 4.79 Å². The van der Waals surface area contributed by atoms with E-state index in [9.17, 15) is 4.79 Å². The van der Waals surface area contributed by atoms with E-state index in [4.69, 9.17) is 0 Å². The van der Waals surface area contributed by atoms with E-state index in [0.29, 0.717) is 6.54 Å². The van der Waals surface area contributed by atoms with Gasteiger partial charge in [-0.1, -0.05) is 64.7 Å². The number of hydrogen-bond donors (Lipinski definition) is 0. The van der Waals surface area contributed by atoms with Crippen molar-refractivity contribution in [3.63, 3.8) is 0 Å². The quantitative estimate of drug-likeness (QED) is 0.358. The molecule has 0 aromatic rings. The van der Waals surface area contributed by atoms with Gasteiger partial charge in [-0.05, 0) is 20.0 Å². The molecule has 102 valence electrons.